The minimum absolute atomic E-state index is 0.237. The highest BCUT2D eigenvalue weighted by Crippen LogP contribution is 2.36. The molecule has 2 heterocycles. The molecule has 4 rings (SSSR count). The SMILES string of the molecule is CNN1c2ccccc2OC1CC#Cc1cc(CC2SC(=O)NC2=O)ccc1OC. The fourth-order valence-electron chi connectivity index (χ4n) is 3.46. The topological polar surface area (TPSA) is 79.9 Å². The van der Waals surface area contributed by atoms with Crippen LogP contribution in [-0.2, 0) is 11.2 Å². The zero-order valence-electron chi connectivity index (χ0n) is 16.6. The Morgan fingerprint density at radius 3 is 2.83 bits per heavy atom. The predicted octanol–water partition coefficient (Wildman–Crippen LogP) is 2.69. The Balaban J connectivity index is 1.49. The highest BCUT2D eigenvalue weighted by molar-refractivity contribution is 8.15. The van der Waals surface area contributed by atoms with Crippen molar-refractivity contribution in [2.24, 2.45) is 0 Å². The maximum atomic E-state index is 11.8. The fraction of sp³-hybridized carbons (Fsp3) is 0.273. The van der Waals surface area contributed by atoms with Gasteiger partial charge in [-0.25, -0.2) is 5.43 Å². The third-order valence-electron chi connectivity index (χ3n) is 4.87. The number of fused-ring (bicyclic) bond motifs is 1. The van der Waals surface area contributed by atoms with Crippen LogP contribution in [0, 0.1) is 11.8 Å². The summed E-state index contributed by atoms with van der Waals surface area (Å²) >= 11 is 1.02. The zero-order valence-corrected chi connectivity index (χ0v) is 17.4. The molecule has 154 valence electrons. The molecular formula is C22H21N3O4S. The maximum Gasteiger partial charge on any atom is 0.286 e. The molecule has 0 radical (unpaired) electrons. The number of anilines is 1. The number of benzene rings is 2. The second-order valence-electron chi connectivity index (χ2n) is 6.76. The molecule has 2 amide bonds. The average molecular weight is 423 g/mol. The van der Waals surface area contributed by atoms with Crippen molar-refractivity contribution in [3.05, 3.63) is 53.6 Å². The third-order valence-corrected chi connectivity index (χ3v) is 5.85. The van der Waals surface area contributed by atoms with Gasteiger partial charge in [0.1, 0.15) is 11.5 Å². The number of para-hydroxylation sites is 2. The number of rotatable bonds is 5. The van der Waals surface area contributed by atoms with Gasteiger partial charge in [-0.1, -0.05) is 41.8 Å². The van der Waals surface area contributed by atoms with Gasteiger partial charge in [-0.2, -0.15) is 0 Å². The van der Waals surface area contributed by atoms with E-state index in [1.54, 1.807) is 7.11 Å². The maximum absolute atomic E-state index is 11.8. The number of nitrogens with one attached hydrogen (secondary N) is 2. The van der Waals surface area contributed by atoms with Crippen LogP contribution in [0.3, 0.4) is 0 Å². The molecule has 2 N–H and O–H groups in total. The van der Waals surface area contributed by atoms with Crippen LogP contribution in [0.1, 0.15) is 17.5 Å². The van der Waals surface area contributed by atoms with Crippen LogP contribution in [0.15, 0.2) is 42.5 Å². The quantitative estimate of drug-likeness (QED) is 0.716. The third kappa shape index (κ3) is 4.08. The van der Waals surface area contributed by atoms with Gasteiger partial charge in [0.2, 0.25) is 5.91 Å². The monoisotopic (exact) mass is 423 g/mol. The summed E-state index contributed by atoms with van der Waals surface area (Å²) in [6.07, 6.45) is 0.701. The summed E-state index contributed by atoms with van der Waals surface area (Å²) in [6, 6.07) is 13.5. The molecule has 2 atom stereocenters. The lowest BCUT2D eigenvalue weighted by atomic mass is 10.0. The molecule has 0 saturated carbocycles. The van der Waals surface area contributed by atoms with Gasteiger partial charge in [-0.05, 0) is 36.2 Å². The zero-order chi connectivity index (χ0) is 21.1. The predicted molar refractivity (Wildman–Crippen MR) is 116 cm³/mol. The number of hydrogen-bond acceptors (Lipinski definition) is 7. The van der Waals surface area contributed by atoms with Crippen LogP contribution < -0.4 is 25.2 Å². The first-order chi connectivity index (χ1) is 14.6. The molecule has 0 spiro atoms. The molecule has 30 heavy (non-hydrogen) atoms. The van der Waals surface area contributed by atoms with Crippen molar-refractivity contribution < 1.29 is 19.1 Å². The second kappa shape index (κ2) is 8.69. The Morgan fingerprint density at radius 2 is 2.10 bits per heavy atom. The molecule has 2 aliphatic heterocycles. The number of carbonyl (C=O) groups is 2. The van der Waals surface area contributed by atoms with E-state index in [1.807, 2.05) is 54.5 Å². The number of nitrogens with zero attached hydrogens (tertiary/aromatic N) is 1. The number of hydrogen-bond donors (Lipinski definition) is 2. The molecule has 7 nitrogen and oxygen atoms in total. The van der Waals surface area contributed by atoms with Crippen LogP contribution in [0.25, 0.3) is 0 Å². The van der Waals surface area contributed by atoms with Gasteiger partial charge in [0.05, 0.1) is 30.0 Å². The smallest absolute Gasteiger partial charge is 0.286 e. The lowest BCUT2D eigenvalue weighted by molar-refractivity contribution is -0.118. The summed E-state index contributed by atoms with van der Waals surface area (Å²) in [5.74, 6) is 7.57. The van der Waals surface area contributed by atoms with Crippen molar-refractivity contribution in [2.75, 3.05) is 19.2 Å². The van der Waals surface area contributed by atoms with Crippen molar-refractivity contribution in [2.45, 2.75) is 24.3 Å². The molecule has 0 aromatic heterocycles. The van der Waals surface area contributed by atoms with Gasteiger partial charge in [0.25, 0.3) is 5.24 Å². The second-order valence-corrected chi connectivity index (χ2v) is 7.94. The Labute approximate surface area is 179 Å². The van der Waals surface area contributed by atoms with Crippen LogP contribution in [0.4, 0.5) is 10.5 Å². The average Bonchev–Trinajstić information content (AvgIpc) is 3.26. The lowest BCUT2D eigenvalue weighted by Crippen LogP contribution is -2.42. The number of methoxy groups -OCH3 is 1. The minimum atomic E-state index is -0.415. The molecule has 2 aliphatic rings. The number of thioether (sulfide) groups is 1. The van der Waals surface area contributed by atoms with Crippen molar-refractivity contribution in [1.82, 2.24) is 10.7 Å². The molecule has 8 heteroatoms. The van der Waals surface area contributed by atoms with E-state index in [0.717, 1.165) is 34.3 Å². The van der Waals surface area contributed by atoms with Crippen molar-refractivity contribution in [3.63, 3.8) is 0 Å². The molecule has 2 aromatic carbocycles. The highest BCUT2D eigenvalue weighted by Gasteiger charge is 2.31. The van der Waals surface area contributed by atoms with E-state index in [0.29, 0.717) is 18.6 Å². The number of imide groups is 1. The Bertz CT molecular complexity index is 1050. The van der Waals surface area contributed by atoms with E-state index >= 15 is 0 Å². The normalized spacial score (nSPS) is 19.6. The van der Waals surface area contributed by atoms with Gasteiger partial charge in [0, 0.05) is 7.05 Å². The number of carbonyl (C=O) groups excluding carboxylic acids is 2. The van der Waals surface area contributed by atoms with Crippen LogP contribution in [0.2, 0.25) is 0 Å². The molecule has 1 fully saturated rings. The van der Waals surface area contributed by atoms with E-state index in [1.165, 1.54) is 0 Å². The first-order valence-corrected chi connectivity index (χ1v) is 10.4. The standard InChI is InChI=1S/C22H21N3O4S/c1-23-25-16-7-3-4-8-18(16)29-20(25)9-5-6-15-12-14(10-11-17(15)28-2)13-19-21(26)24-22(27)30-19/h3-4,7-8,10-12,19-20,23H,9,13H2,1-2H3,(H,24,26,27). The number of ether oxygens (including phenoxy) is 2. The first kappa shape index (κ1) is 20.1. The molecule has 2 aromatic rings. The summed E-state index contributed by atoms with van der Waals surface area (Å²) in [5, 5.41) is 3.55. The van der Waals surface area contributed by atoms with Gasteiger partial charge < -0.3 is 9.47 Å². The van der Waals surface area contributed by atoms with E-state index in [-0.39, 0.29) is 17.4 Å². The Hall–Kier alpha value is -3.15. The lowest BCUT2D eigenvalue weighted by Gasteiger charge is -2.22. The van der Waals surface area contributed by atoms with Crippen LogP contribution >= 0.6 is 11.8 Å². The van der Waals surface area contributed by atoms with Gasteiger partial charge in [-0.15, -0.1) is 0 Å². The minimum Gasteiger partial charge on any atom is -0.495 e. The number of hydrazine groups is 1. The highest BCUT2D eigenvalue weighted by atomic mass is 32.2. The van der Waals surface area contributed by atoms with Gasteiger partial charge in [0.15, 0.2) is 6.23 Å². The van der Waals surface area contributed by atoms with Crippen molar-refractivity contribution in [3.8, 4) is 23.3 Å². The van der Waals surface area contributed by atoms with Crippen LogP contribution in [0.5, 0.6) is 11.5 Å². The summed E-state index contributed by atoms with van der Waals surface area (Å²) < 4.78 is 11.4. The van der Waals surface area contributed by atoms with Gasteiger partial charge in [-0.3, -0.25) is 19.9 Å². The van der Waals surface area contributed by atoms with E-state index in [9.17, 15) is 9.59 Å². The number of amides is 2. The first-order valence-electron chi connectivity index (χ1n) is 9.48. The Kier molecular flexibility index (Phi) is 5.84. The molecule has 0 bridgehead atoms. The molecule has 1 saturated heterocycles. The van der Waals surface area contributed by atoms with E-state index in [4.69, 9.17) is 9.47 Å². The van der Waals surface area contributed by atoms with Crippen molar-refractivity contribution >= 4 is 28.6 Å². The van der Waals surface area contributed by atoms with Crippen LogP contribution in [-0.4, -0.2) is 36.8 Å². The molecule has 0 aliphatic carbocycles. The largest absolute Gasteiger partial charge is 0.495 e. The summed E-state index contributed by atoms with van der Waals surface area (Å²) in [7, 11) is 3.44. The van der Waals surface area contributed by atoms with Crippen molar-refractivity contribution in [1.29, 1.82) is 0 Å². The van der Waals surface area contributed by atoms with Gasteiger partial charge >= 0.3 is 0 Å². The summed E-state index contributed by atoms with van der Waals surface area (Å²) in [5.41, 5.74) is 5.78. The molecular weight excluding hydrogens is 402 g/mol. The van der Waals surface area contributed by atoms with E-state index in [2.05, 4.69) is 22.6 Å². The van der Waals surface area contributed by atoms with E-state index < -0.39 is 5.25 Å². The summed E-state index contributed by atoms with van der Waals surface area (Å²) in [4.78, 5) is 23.2. The molecule has 2 unspecified atom stereocenters. The fourth-order valence-corrected chi connectivity index (χ4v) is 4.32. The summed E-state index contributed by atoms with van der Waals surface area (Å²) in [6.45, 7) is 0. The Morgan fingerprint density at radius 1 is 1.27 bits per heavy atom.